The van der Waals surface area contributed by atoms with Crippen molar-refractivity contribution >= 4 is 11.6 Å². The van der Waals surface area contributed by atoms with E-state index in [2.05, 4.69) is 5.32 Å². The zero-order valence-corrected chi connectivity index (χ0v) is 12.8. The summed E-state index contributed by atoms with van der Waals surface area (Å²) in [5, 5.41) is 12.8. The number of aliphatic hydroxyl groups excluding tert-OH is 1. The second-order valence-corrected chi connectivity index (χ2v) is 5.97. The van der Waals surface area contributed by atoms with Gasteiger partial charge in [-0.05, 0) is 31.9 Å². The third-order valence-electron chi connectivity index (χ3n) is 3.91. The zero-order chi connectivity index (χ0) is 15.1. The van der Waals surface area contributed by atoms with Gasteiger partial charge in [0.1, 0.15) is 0 Å². The third kappa shape index (κ3) is 5.38. The molecule has 0 bridgehead atoms. The Kier molecular flexibility index (Phi) is 6.05. The molecule has 0 aromatic heterocycles. The van der Waals surface area contributed by atoms with E-state index in [-0.39, 0.29) is 5.91 Å². The van der Waals surface area contributed by atoms with E-state index in [9.17, 15) is 9.90 Å². The minimum atomic E-state index is -0.465. The number of carbonyl (C=O) groups is 1. The Morgan fingerprint density at radius 3 is 2.57 bits per heavy atom. The lowest BCUT2D eigenvalue weighted by Gasteiger charge is -2.28. The molecule has 4 nitrogen and oxygen atoms in total. The molecule has 4 heteroatoms. The van der Waals surface area contributed by atoms with Gasteiger partial charge < -0.3 is 15.3 Å². The molecule has 0 aliphatic heterocycles. The van der Waals surface area contributed by atoms with Gasteiger partial charge in [-0.2, -0.15) is 0 Å². The lowest BCUT2D eigenvalue weighted by atomic mass is 9.95. The van der Waals surface area contributed by atoms with Crippen molar-refractivity contribution in [3.05, 3.63) is 30.3 Å². The van der Waals surface area contributed by atoms with Gasteiger partial charge in [0.25, 0.3) is 0 Å². The highest BCUT2D eigenvalue weighted by atomic mass is 16.3. The maximum atomic E-state index is 12.2. The Labute approximate surface area is 127 Å². The summed E-state index contributed by atoms with van der Waals surface area (Å²) in [5.41, 5.74) is 0.970. The van der Waals surface area contributed by atoms with Gasteiger partial charge >= 0.3 is 0 Å². The quantitative estimate of drug-likeness (QED) is 0.845. The number of para-hydroxylation sites is 1. The Bertz CT molecular complexity index is 428. The first kappa shape index (κ1) is 15.8. The highest BCUT2D eigenvalue weighted by Gasteiger charge is 2.18. The highest BCUT2D eigenvalue weighted by molar-refractivity contribution is 5.81. The monoisotopic (exact) mass is 290 g/mol. The lowest BCUT2D eigenvalue weighted by Crippen LogP contribution is -2.44. The van der Waals surface area contributed by atoms with Gasteiger partial charge in [0.2, 0.25) is 5.91 Å². The van der Waals surface area contributed by atoms with Crippen LogP contribution in [0.4, 0.5) is 5.69 Å². The summed E-state index contributed by atoms with van der Waals surface area (Å²) in [5.74, 6) is 0.0476. The van der Waals surface area contributed by atoms with E-state index in [1.165, 1.54) is 19.3 Å². The molecule has 1 aromatic carbocycles. The SMILES string of the molecule is C[C@@H](O)CN(CC(=O)NC1CCCCC1)c1ccccc1. The second kappa shape index (κ2) is 8.03. The van der Waals surface area contributed by atoms with Crippen LogP contribution in [0.1, 0.15) is 39.0 Å². The van der Waals surface area contributed by atoms with Crippen molar-refractivity contribution in [3.63, 3.8) is 0 Å². The van der Waals surface area contributed by atoms with Crippen LogP contribution in [-0.4, -0.2) is 36.2 Å². The number of hydrogen-bond acceptors (Lipinski definition) is 3. The summed E-state index contributed by atoms with van der Waals surface area (Å²) in [7, 11) is 0. The van der Waals surface area contributed by atoms with Crippen molar-refractivity contribution in [2.75, 3.05) is 18.0 Å². The van der Waals surface area contributed by atoms with Gasteiger partial charge in [-0.15, -0.1) is 0 Å². The molecule has 1 aliphatic carbocycles. The average molecular weight is 290 g/mol. The average Bonchev–Trinajstić information content (AvgIpc) is 2.48. The summed E-state index contributed by atoms with van der Waals surface area (Å²) in [4.78, 5) is 14.2. The number of rotatable bonds is 6. The van der Waals surface area contributed by atoms with E-state index in [1.807, 2.05) is 35.2 Å². The molecule has 0 spiro atoms. The summed E-state index contributed by atoms with van der Waals surface area (Å²) in [6.45, 7) is 2.50. The third-order valence-corrected chi connectivity index (χ3v) is 3.91. The molecular weight excluding hydrogens is 264 g/mol. The van der Waals surface area contributed by atoms with Crippen molar-refractivity contribution < 1.29 is 9.90 Å². The number of hydrogen-bond donors (Lipinski definition) is 2. The Morgan fingerprint density at radius 1 is 1.29 bits per heavy atom. The van der Waals surface area contributed by atoms with Crippen molar-refractivity contribution in [2.24, 2.45) is 0 Å². The smallest absolute Gasteiger partial charge is 0.239 e. The lowest BCUT2D eigenvalue weighted by molar-refractivity contribution is -0.120. The second-order valence-electron chi connectivity index (χ2n) is 5.97. The molecule has 1 aromatic rings. The summed E-state index contributed by atoms with van der Waals surface area (Å²) in [6.07, 6.45) is 5.42. The number of benzene rings is 1. The molecule has 0 heterocycles. The van der Waals surface area contributed by atoms with Crippen molar-refractivity contribution in [2.45, 2.75) is 51.2 Å². The van der Waals surface area contributed by atoms with Gasteiger partial charge in [0, 0.05) is 18.3 Å². The molecule has 1 atom stereocenters. The molecule has 116 valence electrons. The largest absolute Gasteiger partial charge is 0.392 e. The molecule has 21 heavy (non-hydrogen) atoms. The van der Waals surface area contributed by atoms with Crippen LogP contribution in [0.3, 0.4) is 0 Å². The molecule has 1 saturated carbocycles. The Balaban J connectivity index is 1.92. The molecule has 0 saturated heterocycles. The van der Waals surface area contributed by atoms with Crippen LogP contribution >= 0.6 is 0 Å². The highest BCUT2D eigenvalue weighted by Crippen LogP contribution is 2.18. The minimum absolute atomic E-state index is 0.0476. The number of amides is 1. The summed E-state index contributed by atoms with van der Waals surface area (Å²) in [6, 6.07) is 10.1. The number of aliphatic hydroxyl groups is 1. The fourth-order valence-electron chi connectivity index (χ4n) is 2.91. The van der Waals surface area contributed by atoms with Crippen molar-refractivity contribution in [1.82, 2.24) is 5.32 Å². The predicted octanol–water partition coefficient (Wildman–Crippen LogP) is 2.32. The number of anilines is 1. The maximum absolute atomic E-state index is 12.2. The van der Waals surface area contributed by atoms with Crippen LogP contribution in [0, 0.1) is 0 Å². The zero-order valence-electron chi connectivity index (χ0n) is 12.8. The van der Waals surface area contributed by atoms with Gasteiger partial charge in [-0.3, -0.25) is 4.79 Å². The fourth-order valence-corrected chi connectivity index (χ4v) is 2.91. The first-order valence-electron chi connectivity index (χ1n) is 7.92. The molecule has 1 amide bonds. The van der Waals surface area contributed by atoms with Crippen molar-refractivity contribution in [3.8, 4) is 0 Å². The normalized spacial score (nSPS) is 17.2. The van der Waals surface area contributed by atoms with Gasteiger partial charge in [0.15, 0.2) is 0 Å². The van der Waals surface area contributed by atoms with E-state index >= 15 is 0 Å². The van der Waals surface area contributed by atoms with E-state index in [1.54, 1.807) is 6.92 Å². The van der Waals surface area contributed by atoms with Crippen LogP contribution in [0.25, 0.3) is 0 Å². The molecule has 2 rings (SSSR count). The summed E-state index contributed by atoms with van der Waals surface area (Å²) >= 11 is 0. The number of nitrogens with one attached hydrogen (secondary N) is 1. The van der Waals surface area contributed by atoms with Gasteiger partial charge in [-0.1, -0.05) is 37.5 Å². The molecule has 2 N–H and O–H groups in total. The van der Waals surface area contributed by atoms with Gasteiger partial charge in [-0.25, -0.2) is 0 Å². The molecule has 0 unspecified atom stereocenters. The van der Waals surface area contributed by atoms with E-state index < -0.39 is 6.10 Å². The first-order valence-corrected chi connectivity index (χ1v) is 7.92. The standard InChI is InChI=1S/C17H26N2O2/c1-14(20)12-19(16-10-6-3-7-11-16)13-17(21)18-15-8-4-2-5-9-15/h3,6-7,10-11,14-15,20H,2,4-5,8-9,12-13H2,1H3,(H,18,21)/t14-/m1/s1. The van der Waals surface area contributed by atoms with Crippen LogP contribution < -0.4 is 10.2 Å². The topological polar surface area (TPSA) is 52.6 Å². The molecule has 0 radical (unpaired) electrons. The number of carbonyl (C=O) groups excluding carboxylic acids is 1. The first-order chi connectivity index (χ1) is 10.1. The molecule has 1 fully saturated rings. The van der Waals surface area contributed by atoms with Crippen LogP contribution in [0.2, 0.25) is 0 Å². The van der Waals surface area contributed by atoms with E-state index in [0.717, 1.165) is 18.5 Å². The van der Waals surface area contributed by atoms with Crippen LogP contribution in [-0.2, 0) is 4.79 Å². The number of nitrogens with zero attached hydrogens (tertiary/aromatic N) is 1. The van der Waals surface area contributed by atoms with E-state index in [4.69, 9.17) is 0 Å². The maximum Gasteiger partial charge on any atom is 0.239 e. The molecular formula is C17H26N2O2. The fraction of sp³-hybridized carbons (Fsp3) is 0.588. The molecule has 1 aliphatic rings. The Hall–Kier alpha value is -1.55. The van der Waals surface area contributed by atoms with E-state index in [0.29, 0.717) is 19.1 Å². The van der Waals surface area contributed by atoms with Gasteiger partial charge in [0.05, 0.1) is 12.6 Å². The summed E-state index contributed by atoms with van der Waals surface area (Å²) < 4.78 is 0. The minimum Gasteiger partial charge on any atom is -0.392 e. The van der Waals surface area contributed by atoms with Crippen LogP contribution in [0.15, 0.2) is 30.3 Å². The Morgan fingerprint density at radius 2 is 1.95 bits per heavy atom. The predicted molar refractivity (Wildman–Crippen MR) is 85.4 cm³/mol. The van der Waals surface area contributed by atoms with Crippen molar-refractivity contribution in [1.29, 1.82) is 0 Å². The van der Waals surface area contributed by atoms with Crippen LogP contribution in [0.5, 0.6) is 0 Å².